The summed E-state index contributed by atoms with van der Waals surface area (Å²) >= 11 is 8.27. The molecule has 0 aliphatic rings. The molecule has 0 fully saturated rings. The van der Waals surface area contributed by atoms with Crippen LogP contribution in [-0.4, -0.2) is 4.99 Å². The summed E-state index contributed by atoms with van der Waals surface area (Å²) in [6, 6.07) is 10.2. The fourth-order valence-corrected chi connectivity index (χ4v) is 2.19. The van der Waals surface area contributed by atoms with Crippen molar-refractivity contribution in [3.63, 3.8) is 0 Å². The maximum absolute atomic E-state index is 13.7. The highest BCUT2D eigenvalue weighted by Gasteiger charge is 2.07. The molecule has 0 heterocycles. The summed E-state index contributed by atoms with van der Waals surface area (Å²) in [6.07, 6.45) is 0. The van der Waals surface area contributed by atoms with Crippen molar-refractivity contribution >= 4 is 33.1 Å². The number of rotatable bonds is 4. The Labute approximate surface area is 130 Å². The van der Waals surface area contributed by atoms with Crippen molar-refractivity contribution in [2.24, 2.45) is 5.73 Å². The molecule has 0 bridgehead atoms. The van der Waals surface area contributed by atoms with Crippen LogP contribution in [0, 0.1) is 12.7 Å². The van der Waals surface area contributed by atoms with E-state index in [2.05, 4.69) is 15.9 Å². The fourth-order valence-electron chi connectivity index (χ4n) is 1.72. The quantitative estimate of drug-likeness (QED) is 0.840. The zero-order valence-electron chi connectivity index (χ0n) is 10.8. The molecule has 0 spiro atoms. The lowest BCUT2D eigenvalue weighted by Gasteiger charge is -2.11. The standard InChI is InChI=1S/C15H13BrFNOS/c1-9-2-4-12(16)7-14(9)19-8-11-6-10(15(18)20)3-5-13(11)17/h2-7H,8H2,1H3,(H2,18,20). The Morgan fingerprint density at radius 1 is 1.30 bits per heavy atom. The minimum atomic E-state index is -0.336. The number of halogens is 2. The highest BCUT2D eigenvalue weighted by Crippen LogP contribution is 2.24. The molecule has 0 aliphatic heterocycles. The largest absolute Gasteiger partial charge is 0.488 e. The summed E-state index contributed by atoms with van der Waals surface area (Å²) < 4.78 is 20.3. The first-order valence-corrected chi connectivity index (χ1v) is 7.14. The molecule has 0 unspecified atom stereocenters. The van der Waals surface area contributed by atoms with E-state index in [4.69, 9.17) is 22.7 Å². The monoisotopic (exact) mass is 353 g/mol. The van der Waals surface area contributed by atoms with E-state index in [1.54, 1.807) is 12.1 Å². The summed E-state index contributed by atoms with van der Waals surface area (Å²) in [5.74, 6) is 0.372. The number of nitrogens with two attached hydrogens (primary N) is 1. The molecule has 0 saturated carbocycles. The lowest BCUT2D eigenvalue weighted by atomic mass is 10.1. The third kappa shape index (κ3) is 3.55. The fraction of sp³-hybridized carbons (Fsp3) is 0.133. The molecule has 104 valence electrons. The van der Waals surface area contributed by atoms with Gasteiger partial charge in [0.25, 0.3) is 0 Å². The van der Waals surface area contributed by atoms with E-state index in [-0.39, 0.29) is 17.4 Å². The van der Waals surface area contributed by atoms with Crippen LogP contribution in [0.2, 0.25) is 0 Å². The van der Waals surface area contributed by atoms with Gasteiger partial charge < -0.3 is 10.5 Å². The molecule has 2 N–H and O–H groups in total. The molecule has 0 radical (unpaired) electrons. The number of ether oxygens (including phenoxy) is 1. The minimum Gasteiger partial charge on any atom is -0.488 e. The van der Waals surface area contributed by atoms with Crippen LogP contribution in [0.15, 0.2) is 40.9 Å². The molecule has 0 aromatic heterocycles. The van der Waals surface area contributed by atoms with E-state index in [1.165, 1.54) is 6.07 Å². The molecular formula is C15H13BrFNOS. The zero-order valence-corrected chi connectivity index (χ0v) is 13.2. The topological polar surface area (TPSA) is 35.2 Å². The second-order valence-electron chi connectivity index (χ2n) is 4.37. The first-order valence-electron chi connectivity index (χ1n) is 5.94. The van der Waals surface area contributed by atoms with Gasteiger partial charge in [-0.25, -0.2) is 4.39 Å². The van der Waals surface area contributed by atoms with E-state index in [1.807, 2.05) is 25.1 Å². The minimum absolute atomic E-state index is 0.125. The number of hydrogen-bond acceptors (Lipinski definition) is 2. The van der Waals surface area contributed by atoms with Gasteiger partial charge in [0.1, 0.15) is 23.2 Å². The Hall–Kier alpha value is -1.46. The smallest absolute Gasteiger partial charge is 0.129 e. The highest BCUT2D eigenvalue weighted by molar-refractivity contribution is 9.10. The first kappa shape index (κ1) is 14.9. The molecule has 5 heteroatoms. The van der Waals surface area contributed by atoms with Crippen LogP contribution in [0.3, 0.4) is 0 Å². The Morgan fingerprint density at radius 2 is 2.05 bits per heavy atom. The maximum atomic E-state index is 13.7. The Kier molecular flexibility index (Phi) is 4.73. The third-order valence-corrected chi connectivity index (χ3v) is 3.59. The van der Waals surface area contributed by atoms with Crippen LogP contribution < -0.4 is 10.5 Å². The van der Waals surface area contributed by atoms with Gasteiger partial charge in [-0.1, -0.05) is 34.2 Å². The summed E-state index contributed by atoms with van der Waals surface area (Å²) in [7, 11) is 0. The Balaban J connectivity index is 2.20. The lowest BCUT2D eigenvalue weighted by molar-refractivity contribution is 0.297. The molecule has 2 aromatic rings. The van der Waals surface area contributed by atoms with E-state index in [0.29, 0.717) is 16.9 Å². The van der Waals surface area contributed by atoms with Gasteiger partial charge in [-0.05, 0) is 42.8 Å². The van der Waals surface area contributed by atoms with Gasteiger partial charge in [0.05, 0.1) is 0 Å². The van der Waals surface area contributed by atoms with Gasteiger partial charge in [0.15, 0.2) is 0 Å². The van der Waals surface area contributed by atoms with Crippen LogP contribution in [0.5, 0.6) is 5.75 Å². The molecule has 20 heavy (non-hydrogen) atoms. The predicted octanol–water partition coefficient (Wildman–Crippen LogP) is 4.11. The van der Waals surface area contributed by atoms with Crippen molar-refractivity contribution in [1.82, 2.24) is 0 Å². The van der Waals surface area contributed by atoms with Crippen LogP contribution in [-0.2, 0) is 6.61 Å². The summed E-state index contributed by atoms with van der Waals surface area (Å²) in [5.41, 5.74) is 7.59. The van der Waals surface area contributed by atoms with Crippen LogP contribution >= 0.6 is 28.1 Å². The molecule has 2 rings (SSSR count). The summed E-state index contributed by atoms with van der Waals surface area (Å²) in [5, 5.41) is 0. The average molecular weight is 354 g/mol. The van der Waals surface area contributed by atoms with Gasteiger partial charge in [-0.3, -0.25) is 0 Å². The van der Waals surface area contributed by atoms with Crippen molar-refractivity contribution in [2.45, 2.75) is 13.5 Å². The second kappa shape index (κ2) is 6.33. The van der Waals surface area contributed by atoms with Crippen molar-refractivity contribution < 1.29 is 9.13 Å². The highest BCUT2D eigenvalue weighted by atomic mass is 79.9. The molecule has 0 saturated heterocycles. The number of hydrogen-bond donors (Lipinski definition) is 1. The summed E-state index contributed by atoms with van der Waals surface area (Å²) in [4.78, 5) is 0.241. The SMILES string of the molecule is Cc1ccc(Br)cc1OCc1cc(C(N)=S)ccc1F. The van der Waals surface area contributed by atoms with Crippen molar-refractivity contribution in [1.29, 1.82) is 0 Å². The second-order valence-corrected chi connectivity index (χ2v) is 5.72. The van der Waals surface area contributed by atoms with Gasteiger partial charge >= 0.3 is 0 Å². The molecule has 0 aliphatic carbocycles. The molecule has 0 amide bonds. The van der Waals surface area contributed by atoms with E-state index < -0.39 is 0 Å². The van der Waals surface area contributed by atoms with E-state index in [0.717, 1.165) is 10.0 Å². The maximum Gasteiger partial charge on any atom is 0.129 e. The van der Waals surface area contributed by atoms with Crippen LogP contribution in [0.25, 0.3) is 0 Å². The number of thiocarbonyl (C=S) groups is 1. The average Bonchev–Trinajstić information content (AvgIpc) is 2.41. The Bertz CT molecular complexity index is 660. The normalized spacial score (nSPS) is 10.3. The van der Waals surface area contributed by atoms with Crippen LogP contribution in [0.1, 0.15) is 16.7 Å². The Morgan fingerprint density at radius 3 is 2.75 bits per heavy atom. The van der Waals surface area contributed by atoms with Gasteiger partial charge in [0.2, 0.25) is 0 Å². The van der Waals surface area contributed by atoms with Crippen molar-refractivity contribution in [2.75, 3.05) is 0 Å². The van der Waals surface area contributed by atoms with Crippen molar-refractivity contribution in [3.8, 4) is 5.75 Å². The summed E-state index contributed by atoms with van der Waals surface area (Å²) in [6.45, 7) is 2.06. The van der Waals surface area contributed by atoms with E-state index in [9.17, 15) is 4.39 Å². The van der Waals surface area contributed by atoms with Gasteiger partial charge in [-0.15, -0.1) is 0 Å². The van der Waals surface area contributed by atoms with Gasteiger partial charge in [-0.2, -0.15) is 0 Å². The lowest BCUT2D eigenvalue weighted by Crippen LogP contribution is -2.11. The molecule has 2 nitrogen and oxygen atoms in total. The predicted molar refractivity (Wildman–Crippen MR) is 85.5 cm³/mol. The van der Waals surface area contributed by atoms with Gasteiger partial charge in [0, 0.05) is 15.6 Å². The third-order valence-electron chi connectivity index (χ3n) is 2.86. The van der Waals surface area contributed by atoms with Crippen molar-refractivity contribution in [3.05, 3.63) is 63.4 Å². The first-order chi connectivity index (χ1) is 9.47. The number of aryl methyl sites for hydroxylation is 1. The van der Waals surface area contributed by atoms with E-state index >= 15 is 0 Å². The number of benzene rings is 2. The molecule has 2 aromatic carbocycles. The zero-order chi connectivity index (χ0) is 14.7. The van der Waals surface area contributed by atoms with Crippen LogP contribution in [0.4, 0.5) is 4.39 Å². The molecular weight excluding hydrogens is 341 g/mol. The molecule has 0 atom stereocenters.